The number of hydrogen-bond donors (Lipinski definition) is 1. The lowest BCUT2D eigenvalue weighted by atomic mass is 10.1. The van der Waals surface area contributed by atoms with E-state index in [-0.39, 0.29) is 5.69 Å². The number of hydrogen-bond acceptors (Lipinski definition) is 4. The standard InChI is InChI=1S/C15H10N4/c16-10-14-15(18-9-8-17-14)19-13-7-3-5-11-4-1-2-6-12(11)13/h1-9H,(H,18,19). The second-order valence-electron chi connectivity index (χ2n) is 4.02. The number of rotatable bonds is 2. The Morgan fingerprint density at radius 2 is 1.74 bits per heavy atom. The smallest absolute Gasteiger partial charge is 0.183 e. The summed E-state index contributed by atoms with van der Waals surface area (Å²) in [5.41, 5.74) is 1.20. The Balaban J connectivity index is 2.09. The summed E-state index contributed by atoms with van der Waals surface area (Å²) < 4.78 is 0. The summed E-state index contributed by atoms with van der Waals surface area (Å²) in [5.74, 6) is 0.473. The molecule has 2 aromatic carbocycles. The highest BCUT2D eigenvalue weighted by molar-refractivity contribution is 5.95. The Bertz CT molecular complexity index is 769. The largest absolute Gasteiger partial charge is 0.337 e. The molecule has 3 aromatic rings. The Hall–Kier alpha value is -2.93. The maximum absolute atomic E-state index is 9.02. The van der Waals surface area contributed by atoms with Gasteiger partial charge in [-0.3, -0.25) is 0 Å². The minimum absolute atomic E-state index is 0.287. The molecule has 90 valence electrons. The fourth-order valence-corrected chi connectivity index (χ4v) is 1.97. The molecule has 0 atom stereocenters. The Morgan fingerprint density at radius 3 is 2.63 bits per heavy atom. The van der Waals surface area contributed by atoms with E-state index >= 15 is 0 Å². The summed E-state index contributed by atoms with van der Waals surface area (Å²) in [4.78, 5) is 8.14. The molecule has 4 nitrogen and oxygen atoms in total. The van der Waals surface area contributed by atoms with Gasteiger partial charge in [0.1, 0.15) is 6.07 Å². The average molecular weight is 246 g/mol. The zero-order valence-electron chi connectivity index (χ0n) is 10.0. The zero-order chi connectivity index (χ0) is 13.1. The Morgan fingerprint density at radius 1 is 0.947 bits per heavy atom. The molecule has 19 heavy (non-hydrogen) atoms. The maximum Gasteiger partial charge on any atom is 0.183 e. The van der Waals surface area contributed by atoms with Crippen LogP contribution < -0.4 is 5.32 Å². The molecule has 0 bridgehead atoms. The highest BCUT2D eigenvalue weighted by Gasteiger charge is 2.06. The van der Waals surface area contributed by atoms with Crippen molar-refractivity contribution in [3.05, 3.63) is 60.6 Å². The first-order valence-electron chi connectivity index (χ1n) is 5.84. The van der Waals surface area contributed by atoms with Crippen LogP contribution in [0.4, 0.5) is 11.5 Å². The van der Waals surface area contributed by atoms with Crippen LogP contribution in [-0.4, -0.2) is 9.97 Å². The van der Waals surface area contributed by atoms with Gasteiger partial charge >= 0.3 is 0 Å². The van der Waals surface area contributed by atoms with Crippen molar-refractivity contribution >= 4 is 22.3 Å². The van der Waals surface area contributed by atoms with Gasteiger partial charge in [-0.1, -0.05) is 36.4 Å². The second-order valence-corrected chi connectivity index (χ2v) is 4.02. The highest BCUT2D eigenvalue weighted by Crippen LogP contribution is 2.26. The van der Waals surface area contributed by atoms with Crippen molar-refractivity contribution in [2.75, 3.05) is 5.32 Å². The first-order chi connectivity index (χ1) is 9.38. The van der Waals surface area contributed by atoms with Gasteiger partial charge in [-0.05, 0) is 11.5 Å². The predicted octanol–water partition coefficient (Wildman–Crippen LogP) is 3.25. The molecule has 0 aliphatic rings. The summed E-state index contributed by atoms with van der Waals surface area (Å²) in [7, 11) is 0. The molecule has 1 heterocycles. The monoisotopic (exact) mass is 246 g/mol. The number of fused-ring (bicyclic) bond motifs is 1. The van der Waals surface area contributed by atoms with E-state index < -0.39 is 0 Å². The Kier molecular flexibility index (Phi) is 2.79. The van der Waals surface area contributed by atoms with Crippen LogP contribution in [0.5, 0.6) is 0 Å². The Labute approximate surface area is 110 Å². The molecular formula is C15H10N4. The van der Waals surface area contributed by atoms with E-state index in [9.17, 15) is 0 Å². The van der Waals surface area contributed by atoms with Gasteiger partial charge in [-0.15, -0.1) is 0 Å². The van der Waals surface area contributed by atoms with Crippen molar-refractivity contribution in [1.29, 1.82) is 5.26 Å². The molecule has 0 radical (unpaired) electrons. The molecule has 0 aliphatic heterocycles. The van der Waals surface area contributed by atoms with Crippen molar-refractivity contribution in [3.8, 4) is 6.07 Å². The molecule has 0 saturated heterocycles. The lowest BCUT2D eigenvalue weighted by molar-refractivity contribution is 1.16. The van der Waals surface area contributed by atoms with Crippen LogP contribution in [0.15, 0.2) is 54.9 Å². The van der Waals surface area contributed by atoms with Crippen LogP contribution in [0.3, 0.4) is 0 Å². The first-order valence-corrected chi connectivity index (χ1v) is 5.84. The molecule has 0 unspecified atom stereocenters. The SMILES string of the molecule is N#Cc1nccnc1Nc1cccc2ccccc12. The van der Waals surface area contributed by atoms with Gasteiger partial charge in [-0.25, -0.2) is 9.97 Å². The first kappa shape index (κ1) is 11.2. The summed E-state index contributed by atoms with van der Waals surface area (Å²) in [6.45, 7) is 0. The molecule has 4 heteroatoms. The topological polar surface area (TPSA) is 61.6 Å². The highest BCUT2D eigenvalue weighted by atomic mass is 15.0. The van der Waals surface area contributed by atoms with E-state index in [0.29, 0.717) is 5.82 Å². The van der Waals surface area contributed by atoms with Gasteiger partial charge in [0.15, 0.2) is 11.5 Å². The molecule has 1 N–H and O–H groups in total. The third-order valence-corrected chi connectivity index (χ3v) is 2.85. The predicted molar refractivity (Wildman–Crippen MR) is 74.0 cm³/mol. The normalized spacial score (nSPS) is 10.1. The van der Waals surface area contributed by atoms with E-state index in [1.807, 2.05) is 48.5 Å². The van der Waals surface area contributed by atoms with Gasteiger partial charge in [0, 0.05) is 23.5 Å². The van der Waals surface area contributed by atoms with E-state index in [1.165, 1.54) is 6.20 Å². The number of nitriles is 1. The van der Waals surface area contributed by atoms with Crippen molar-refractivity contribution < 1.29 is 0 Å². The van der Waals surface area contributed by atoms with Crippen molar-refractivity contribution in [1.82, 2.24) is 9.97 Å². The van der Waals surface area contributed by atoms with Crippen LogP contribution in [-0.2, 0) is 0 Å². The molecular weight excluding hydrogens is 236 g/mol. The molecule has 0 amide bonds. The van der Waals surface area contributed by atoms with Gasteiger partial charge in [0.05, 0.1) is 0 Å². The lowest BCUT2D eigenvalue weighted by Gasteiger charge is -2.09. The zero-order valence-corrected chi connectivity index (χ0v) is 10.0. The molecule has 1 aromatic heterocycles. The lowest BCUT2D eigenvalue weighted by Crippen LogP contribution is -1.98. The minimum Gasteiger partial charge on any atom is -0.337 e. The molecule has 3 rings (SSSR count). The number of anilines is 2. The van der Waals surface area contributed by atoms with Crippen molar-refractivity contribution in [3.63, 3.8) is 0 Å². The quantitative estimate of drug-likeness (QED) is 0.754. The number of nitrogens with zero attached hydrogens (tertiary/aromatic N) is 3. The van der Waals surface area contributed by atoms with E-state index in [4.69, 9.17) is 5.26 Å². The third kappa shape index (κ3) is 2.09. The van der Waals surface area contributed by atoms with Crippen LogP contribution in [0.2, 0.25) is 0 Å². The van der Waals surface area contributed by atoms with Gasteiger partial charge < -0.3 is 5.32 Å². The van der Waals surface area contributed by atoms with Crippen LogP contribution in [0, 0.1) is 11.3 Å². The average Bonchev–Trinajstić information content (AvgIpc) is 2.48. The van der Waals surface area contributed by atoms with E-state index in [2.05, 4.69) is 15.3 Å². The summed E-state index contributed by atoms with van der Waals surface area (Å²) in [6.07, 6.45) is 3.07. The second kappa shape index (κ2) is 4.75. The van der Waals surface area contributed by atoms with Crippen molar-refractivity contribution in [2.24, 2.45) is 0 Å². The van der Waals surface area contributed by atoms with E-state index in [1.54, 1.807) is 6.20 Å². The maximum atomic E-state index is 9.02. The van der Waals surface area contributed by atoms with E-state index in [0.717, 1.165) is 16.5 Å². The van der Waals surface area contributed by atoms with Crippen molar-refractivity contribution in [2.45, 2.75) is 0 Å². The summed E-state index contributed by atoms with van der Waals surface area (Å²) in [6, 6.07) is 16.0. The molecule has 0 fully saturated rings. The van der Waals surface area contributed by atoms with Crippen LogP contribution in [0.1, 0.15) is 5.69 Å². The van der Waals surface area contributed by atoms with Gasteiger partial charge in [0.2, 0.25) is 0 Å². The van der Waals surface area contributed by atoms with Crippen LogP contribution >= 0.6 is 0 Å². The molecule has 0 spiro atoms. The van der Waals surface area contributed by atoms with Gasteiger partial charge in [-0.2, -0.15) is 5.26 Å². The fraction of sp³-hybridized carbons (Fsp3) is 0. The summed E-state index contributed by atoms with van der Waals surface area (Å²) in [5, 5.41) is 14.4. The molecule has 0 saturated carbocycles. The fourth-order valence-electron chi connectivity index (χ4n) is 1.97. The number of aromatic nitrogens is 2. The van der Waals surface area contributed by atoms with Crippen LogP contribution in [0.25, 0.3) is 10.8 Å². The minimum atomic E-state index is 0.287. The third-order valence-electron chi connectivity index (χ3n) is 2.85. The molecule has 0 aliphatic carbocycles. The number of nitrogens with one attached hydrogen (secondary N) is 1. The van der Waals surface area contributed by atoms with Gasteiger partial charge in [0.25, 0.3) is 0 Å². The summed E-state index contributed by atoms with van der Waals surface area (Å²) >= 11 is 0. The number of benzene rings is 2.